The molecule has 134 valence electrons. The monoisotopic (exact) mass is 358 g/mol. The summed E-state index contributed by atoms with van der Waals surface area (Å²) in [4.78, 5) is 25.8. The van der Waals surface area contributed by atoms with E-state index in [2.05, 4.69) is 0 Å². The average Bonchev–Trinajstić information content (AvgIpc) is 2.95. The maximum absolute atomic E-state index is 13.1. The summed E-state index contributed by atoms with van der Waals surface area (Å²) in [7, 11) is 0. The molecule has 0 aromatic heterocycles. The van der Waals surface area contributed by atoms with Crippen LogP contribution in [0.15, 0.2) is 72.8 Å². The minimum atomic E-state index is -0.399. The Morgan fingerprint density at radius 2 is 1.63 bits per heavy atom. The van der Waals surface area contributed by atoms with Crippen LogP contribution < -0.4 is 0 Å². The van der Waals surface area contributed by atoms with Crippen molar-refractivity contribution in [3.05, 3.63) is 111 Å². The van der Waals surface area contributed by atoms with Gasteiger partial charge < -0.3 is 4.90 Å². The van der Waals surface area contributed by atoms with Gasteiger partial charge in [0.25, 0.3) is 11.6 Å². The molecule has 3 aromatic carbocycles. The summed E-state index contributed by atoms with van der Waals surface area (Å²) in [5.41, 5.74) is 4.29. The van der Waals surface area contributed by atoms with Crippen LogP contribution in [0.3, 0.4) is 0 Å². The number of aryl methyl sites for hydroxylation is 1. The van der Waals surface area contributed by atoms with E-state index >= 15 is 0 Å². The second-order valence-electron chi connectivity index (χ2n) is 6.72. The van der Waals surface area contributed by atoms with Gasteiger partial charge in [-0.3, -0.25) is 14.9 Å². The highest BCUT2D eigenvalue weighted by Crippen LogP contribution is 2.40. The molecule has 4 rings (SSSR count). The van der Waals surface area contributed by atoms with Gasteiger partial charge in [-0.05, 0) is 24.1 Å². The number of para-hydroxylation sites is 1. The number of hydrogen-bond donors (Lipinski definition) is 0. The summed E-state index contributed by atoms with van der Waals surface area (Å²) in [6, 6.07) is 21.9. The fourth-order valence-electron chi connectivity index (χ4n) is 3.65. The first kappa shape index (κ1) is 17.0. The number of rotatable bonds is 4. The first-order chi connectivity index (χ1) is 13.1. The third kappa shape index (κ3) is 2.97. The van der Waals surface area contributed by atoms with Gasteiger partial charge in [-0.1, -0.05) is 66.2 Å². The predicted molar refractivity (Wildman–Crippen MR) is 102 cm³/mol. The molecule has 0 saturated carbocycles. The molecule has 1 amide bonds. The average molecular weight is 358 g/mol. The number of carbonyl (C=O) groups excluding carboxylic acids is 1. The number of nitrogens with zero attached hydrogens (tertiary/aromatic N) is 2. The van der Waals surface area contributed by atoms with Crippen LogP contribution in [0, 0.1) is 17.0 Å². The zero-order chi connectivity index (χ0) is 19.0. The van der Waals surface area contributed by atoms with E-state index in [-0.39, 0.29) is 24.2 Å². The first-order valence-corrected chi connectivity index (χ1v) is 8.75. The lowest BCUT2D eigenvalue weighted by Gasteiger charge is -2.26. The van der Waals surface area contributed by atoms with Gasteiger partial charge in [0.15, 0.2) is 0 Å². The van der Waals surface area contributed by atoms with Crippen LogP contribution >= 0.6 is 0 Å². The molecule has 0 aliphatic carbocycles. The molecule has 0 fully saturated rings. The maximum atomic E-state index is 13.1. The smallest absolute Gasteiger partial charge is 0.274 e. The predicted octanol–water partition coefficient (Wildman–Crippen LogP) is 4.65. The molecule has 1 aliphatic rings. The Kier molecular flexibility index (Phi) is 4.20. The fraction of sp³-hybridized carbons (Fsp3) is 0.136. The summed E-state index contributed by atoms with van der Waals surface area (Å²) < 4.78 is 0. The van der Waals surface area contributed by atoms with E-state index in [1.54, 1.807) is 23.1 Å². The van der Waals surface area contributed by atoms with Crippen molar-refractivity contribution in [2.24, 2.45) is 0 Å². The molecule has 0 saturated heterocycles. The van der Waals surface area contributed by atoms with E-state index < -0.39 is 4.92 Å². The number of carbonyl (C=O) groups is 1. The molecule has 1 atom stereocenters. The van der Waals surface area contributed by atoms with Crippen LogP contribution in [0.1, 0.15) is 38.7 Å². The molecule has 27 heavy (non-hydrogen) atoms. The van der Waals surface area contributed by atoms with Crippen LogP contribution in [-0.4, -0.2) is 15.7 Å². The second-order valence-corrected chi connectivity index (χ2v) is 6.72. The second kappa shape index (κ2) is 6.68. The standard InChI is InChI=1S/C22H18N2O3/c1-15-10-12-16(13-11-15)21-18-7-3-4-8-19(18)22(25)23(21)14-17-6-2-5-9-20(17)24(26)27/h2-13,21H,14H2,1H3. The van der Waals surface area contributed by atoms with Crippen molar-refractivity contribution in [2.75, 3.05) is 0 Å². The molecule has 1 heterocycles. The lowest BCUT2D eigenvalue weighted by Crippen LogP contribution is -2.28. The number of hydrogen-bond acceptors (Lipinski definition) is 3. The quantitative estimate of drug-likeness (QED) is 0.504. The Morgan fingerprint density at radius 1 is 0.963 bits per heavy atom. The summed E-state index contributed by atoms with van der Waals surface area (Å²) in [5, 5.41) is 11.4. The van der Waals surface area contributed by atoms with Gasteiger partial charge in [0.1, 0.15) is 0 Å². The van der Waals surface area contributed by atoms with Crippen LogP contribution in [0.5, 0.6) is 0 Å². The first-order valence-electron chi connectivity index (χ1n) is 8.75. The third-order valence-corrected chi connectivity index (χ3v) is 4.98. The largest absolute Gasteiger partial charge is 0.323 e. The zero-order valence-corrected chi connectivity index (χ0v) is 14.8. The SMILES string of the molecule is Cc1ccc(C2c3ccccc3C(=O)N2Cc2ccccc2[N+](=O)[O-])cc1. The number of benzene rings is 3. The maximum Gasteiger partial charge on any atom is 0.274 e. The molecule has 0 spiro atoms. The number of fused-ring (bicyclic) bond motifs is 1. The minimum Gasteiger partial charge on any atom is -0.323 e. The van der Waals surface area contributed by atoms with Crippen molar-refractivity contribution < 1.29 is 9.72 Å². The van der Waals surface area contributed by atoms with Crippen molar-refractivity contribution >= 4 is 11.6 Å². The highest BCUT2D eigenvalue weighted by Gasteiger charge is 2.38. The van der Waals surface area contributed by atoms with Gasteiger partial charge >= 0.3 is 0 Å². The lowest BCUT2D eigenvalue weighted by atomic mass is 9.97. The Bertz CT molecular complexity index is 1030. The van der Waals surface area contributed by atoms with E-state index in [1.165, 1.54) is 6.07 Å². The highest BCUT2D eigenvalue weighted by molar-refractivity contribution is 5.99. The van der Waals surface area contributed by atoms with Gasteiger partial charge in [0.05, 0.1) is 17.5 Å². The van der Waals surface area contributed by atoms with E-state index in [1.807, 2.05) is 55.5 Å². The third-order valence-electron chi connectivity index (χ3n) is 4.98. The molecule has 5 heteroatoms. The number of nitro groups is 1. The summed E-state index contributed by atoms with van der Waals surface area (Å²) >= 11 is 0. The lowest BCUT2D eigenvalue weighted by molar-refractivity contribution is -0.385. The molecular formula is C22H18N2O3. The zero-order valence-electron chi connectivity index (χ0n) is 14.8. The van der Waals surface area contributed by atoms with Crippen molar-refractivity contribution in [2.45, 2.75) is 19.5 Å². The normalized spacial score (nSPS) is 15.7. The van der Waals surface area contributed by atoms with Crippen LogP contribution in [0.2, 0.25) is 0 Å². The fourth-order valence-corrected chi connectivity index (χ4v) is 3.65. The Balaban J connectivity index is 1.80. The number of nitro benzene ring substituents is 1. The van der Waals surface area contributed by atoms with E-state index in [4.69, 9.17) is 0 Å². The van der Waals surface area contributed by atoms with Crippen LogP contribution in [0.25, 0.3) is 0 Å². The topological polar surface area (TPSA) is 63.5 Å². The van der Waals surface area contributed by atoms with Crippen molar-refractivity contribution in [1.82, 2.24) is 4.90 Å². The molecule has 1 aliphatic heterocycles. The molecule has 0 N–H and O–H groups in total. The molecule has 3 aromatic rings. The minimum absolute atomic E-state index is 0.0314. The molecule has 1 unspecified atom stereocenters. The summed E-state index contributed by atoms with van der Waals surface area (Å²) in [5.74, 6) is -0.102. The van der Waals surface area contributed by atoms with Crippen molar-refractivity contribution in [3.63, 3.8) is 0 Å². The van der Waals surface area contributed by atoms with Gasteiger partial charge in [-0.2, -0.15) is 0 Å². The highest BCUT2D eigenvalue weighted by atomic mass is 16.6. The molecule has 0 radical (unpaired) electrons. The van der Waals surface area contributed by atoms with Crippen LogP contribution in [0.4, 0.5) is 5.69 Å². The van der Waals surface area contributed by atoms with E-state index in [0.29, 0.717) is 11.1 Å². The Morgan fingerprint density at radius 3 is 2.37 bits per heavy atom. The van der Waals surface area contributed by atoms with E-state index in [9.17, 15) is 14.9 Å². The number of amides is 1. The van der Waals surface area contributed by atoms with Gasteiger partial charge in [-0.25, -0.2) is 0 Å². The Hall–Kier alpha value is -3.47. The van der Waals surface area contributed by atoms with Crippen LogP contribution in [-0.2, 0) is 6.54 Å². The molecular weight excluding hydrogens is 340 g/mol. The van der Waals surface area contributed by atoms with E-state index in [0.717, 1.165) is 16.7 Å². The summed E-state index contributed by atoms with van der Waals surface area (Å²) in [6.45, 7) is 2.20. The van der Waals surface area contributed by atoms with Gasteiger partial charge in [0, 0.05) is 17.2 Å². The van der Waals surface area contributed by atoms with Crippen molar-refractivity contribution in [3.8, 4) is 0 Å². The molecule has 0 bridgehead atoms. The Labute approximate surface area is 157 Å². The van der Waals surface area contributed by atoms with Gasteiger partial charge in [0.2, 0.25) is 0 Å². The summed E-state index contributed by atoms with van der Waals surface area (Å²) in [6.07, 6.45) is 0. The van der Waals surface area contributed by atoms with Gasteiger partial charge in [-0.15, -0.1) is 0 Å². The van der Waals surface area contributed by atoms with Crippen molar-refractivity contribution in [1.29, 1.82) is 0 Å². The molecule has 5 nitrogen and oxygen atoms in total.